The second kappa shape index (κ2) is 10.6. The first-order chi connectivity index (χ1) is 14.6. The standard InChI is InChI=1S/C23H31N3O4/c1-3-15-29-21-10-9-18(17-22(21)30-16-4-2)24-23(28)26-13-11-25(12-14-26)19-7-5-6-8-20(19)27/h5-10,17,27H,3-4,11-16H2,1-2H3,(H,24,28). The van der Waals surface area contributed by atoms with Crippen molar-refractivity contribution < 1.29 is 19.4 Å². The number of carbonyl (C=O) groups excluding carboxylic acids is 1. The number of carbonyl (C=O) groups is 1. The smallest absolute Gasteiger partial charge is 0.321 e. The fraction of sp³-hybridized carbons (Fsp3) is 0.435. The number of urea groups is 1. The van der Waals surface area contributed by atoms with Crippen LogP contribution in [0.15, 0.2) is 42.5 Å². The third-order valence-corrected chi connectivity index (χ3v) is 4.91. The van der Waals surface area contributed by atoms with Gasteiger partial charge in [-0.1, -0.05) is 26.0 Å². The summed E-state index contributed by atoms with van der Waals surface area (Å²) in [7, 11) is 0. The Labute approximate surface area is 178 Å². The van der Waals surface area contributed by atoms with E-state index in [2.05, 4.69) is 17.1 Å². The van der Waals surface area contributed by atoms with Crippen molar-refractivity contribution in [3.63, 3.8) is 0 Å². The van der Waals surface area contributed by atoms with E-state index >= 15 is 0 Å². The monoisotopic (exact) mass is 413 g/mol. The van der Waals surface area contributed by atoms with Gasteiger partial charge in [-0.15, -0.1) is 0 Å². The van der Waals surface area contributed by atoms with Crippen LogP contribution in [-0.4, -0.2) is 55.4 Å². The van der Waals surface area contributed by atoms with E-state index in [4.69, 9.17) is 9.47 Å². The molecule has 0 unspecified atom stereocenters. The highest BCUT2D eigenvalue weighted by Crippen LogP contribution is 2.31. The number of benzene rings is 2. The van der Waals surface area contributed by atoms with Crippen LogP contribution in [0.1, 0.15) is 26.7 Å². The summed E-state index contributed by atoms with van der Waals surface area (Å²) in [6, 6.07) is 12.6. The van der Waals surface area contributed by atoms with E-state index in [9.17, 15) is 9.90 Å². The van der Waals surface area contributed by atoms with Crippen molar-refractivity contribution >= 4 is 17.4 Å². The molecule has 2 N–H and O–H groups in total. The van der Waals surface area contributed by atoms with E-state index < -0.39 is 0 Å². The van der Waals surface area contributed by atoms with Crippen LogP contribution in [0.2, 0.25) is 0 Å². The molecule has 0 saturated carbocycles. The number of rotatable bonds is 8. The average molecular weight is 414 g/mol. The number of para-hydroxylation sites is 2. The zero-order valence-electron chi connectivity index (χ0n) is 17.8. The Hall–Kier alpha value is -3.09. The number of anilines is 2. The van der Waals surface area contributed by atoms with Crippen LogP contribution in [0.5, 0.6) is 17.2 Å². The summed E-state index contributed by atoms with van der Waals surface area (Å²) in [4.78, 5) is 16.6. The maximum atomic E-state index is 12.7. The average Bonchev–Trinajstić information content (AvgIpc) is 2.77. The summed E-state index contributed by atoms with van der Waals surface area (Å²) < 4.78 is 11.6. The quantitative estimate of drug-likeness (QED) is 0.674. The van der Waals surface area contributed by atoms with Gasteiger partial charge in [-0.3, -0.25) is 0 Å². The number of phenols is 1. The van der Waals surface area contributed by atoms with Crippen LogP contribution in [0, 0.1) is 0 Å². The van der Waals surface area contributed by atoms with Gasteiger partial charge in [0.25, 0.3) is 0 Å². The van der Waals surface area contributed by atoms with Crippen molar-refractivity contribution in [3.05, 3.63) is 42.5 Å². The van der Waals surface area contributed by atoms with Crippen LogP contribution < -0.4 is 19.7 Å². The Balaban J connectivity index is 1.59. The lowest BCUT2D eigenvalue weighted by molar-refractivity contribution is 0.208. The summed E-state index contributed by atoms with van der Waals surface area (Å²) >= 11 is 0. The third-order valence-electron chi connectivity index (χ3n) is 4.91. The van der Waals surface area contributed by atoms with E-state index in [1.807, 2.05) is 37.3 Å². The molecule has 0 bridgehead atoms. The second-order valence-electron chi connectivity index (χ2n) is 7.25. The van der Waals surface area contributed by atoms with Crippen LogP contribution in [-0.2, 0) is 0 Å². The van der Waals surface area contributed by atoms with Gasteiger partial charge in [-0.25, -0.2) is 4.79 Å². The molecule has 3 rings (SSSR count). The van der Waals surface area contributed by atoms with Gasteiger partial charge in [-0.05, 0) is 37.1 Å². The molecular weight excluding hydrogens is 382 g/mol. The summed E-state index contributed by atoms with van der Waals surface area (Å²) in [5.41, 5.74) is 1.48. The molecule has 1 fully saturated rings. The topological polar surface area (TPSA) is 74.3 Å². The number of nitrogens with zero attached hydrogens (tertiary/aromatic N) is 2. The molecule has 1 aliphatic heterocycles. The van der Waals surface area contributed by atoms with Gasteiger partial charge in [0, 0.05) is 37.9 Å². The summed E-state index contributed by atoms with van der Waals surface area (Å²) in [6.45, 7) is 7.81. The van der Waals surface area contributed by atoms with E-state index in [1.54, 1.807) is 17.0 Å². The van der Waals surface area contributed by atoms with E-state index in [-0.39, 0.29) is 11.8 Å². The summed E-state index contributed by atoms with van der Waals surface area (Å²) in [5.74, 6) is 1.60. The van der Waals surface area contributed by atoms with Gasteiger partial charge in [-0.2, -0.15) is 0 Å². The number of phenolic OH excluding ortho intramolecular Hbond substituents is 1. The van der Waals surface area contributed by atoms with Crippen molar-refractivity contribution in [1.29, 1.82) is 0 Å². The Morgan fingerprint density at radius 1 is 0.967 bits per heavy atom. The van der Waals surface area contributed by atoms with E-state index in [0.29, 0.717) is 56.6 Å². The molecule has 0 spiro atoms. The Bertz CT molecular complexity index is 835. The predicted molar refractivity (Wildman–Crippen MR) is 119 cm³/mol. The molecule has 0 radical (unpaired) electrons. The summed E-state index contributed by atoms with van der Waals surface area (Å²) in [5, 5.41) is 13.0. The van der Waals surface area contributed by atoms with Crippen molar-refractivity contribution in [3.8, 4) is 17.2 Å². The van der Waals surface area contributed by atoms with Crippen molar-refractivity contribution in [2.75, 3.05) is 49.6 Å². The fourth-order valence-corrected chi connectivity index (χ4v) is 3.33. The molecule has 1 heterocycles. The number of aromatic hydroxyl groups is 1. The third kappa shape index (κ3) is 5.49. The molecule has 7 nitrogen and oxygen atoms in total. The molecule has 2 aromatic rings. The fourth-order valence-electron chi connectivity index (χ4n) is 3.33. The molecule has 2 amide bonds. The van der Waals surface area contributed by atoms with Crippen molar-refractivity contribution in [2.24, 2.45) is 0 Å². The minimum Gasteiger partial charge on any atom is -0.506 e. The Morgan fingerprint density at radius 3 is 2.30 bits per heavy atom. The largest absolute Gasteiger partial charge is 0.506 e. The molecule has 0 aromatic heterocycles. The summed E-state index contributed by atoms with van der Waals surface area (Å²) in [6.07, 6.45) is 1.81. The van der Waals surface area contributed by atoms with Crippen LogP contribution in [0.25, 0.3) is 0 Å². The highest BCUT2D eigenvalue weighted by atomic mass is 16.5. The number of ether oxygens (including phenoxy) is 2. The highest BCUT2D eigenvalue weighted by molar-refractivity contribution is 5.90. The minimum atomic E-state index is -0.143. The lowest BCUT2D eigenvalue weighted by Gasteiger charge is -2.36. The second-order valence-corrected chi connectivity index (χ2v) is 7.25. The molecule has 30 heavy (non-hydrogen) atoms. The maximum absolute atomic E-state index is 12.7. The predicted octanol–water partition coefficient (Wildman–Crippen LogP) is 4.32. The normalized spacial score (nSPS) is 13.8. The lowest BCUT2D eigenvalue weighted by Crippen LogP contribution is -2.50. The van der Waals surface area contributed by atoms with Crippen LogP contribution in [0.3, 0.4) is 0 Å². The Kier molecular flexibility index (Phi) is 7.65. The zero-order valence-corrected chi connectivity index (χ0v) is 17.8. The number of hydrogen-bond acceptors (Lipinski definition) is 5. The lowest BCUT2D eigenvalue weighted by atomic mass is 10.2. The molecule has 162 valence electrons. The van der Waals surface area contributed by atoms with Gasteiger partial charge in [0.15, 0.2) is 11.5 Å². The first-order valence-electron chi connectivity index (χ1n) is 10.6. The van der Waals surface area contributed by atoms with Crippen LogP contribution >= 0.6 is 0 Å². The minimum absolute atomic E-state index is 0.143. The first-order valence-corrected chi connectivity index (χ1v) is 10.6. The Morgan fingerprint density at radius 2 is 1.63 bits per heavy atom. The molecule has 1 saturated heterocycles. The SMILES string of the molecule is CCCOc1ccc(NC(=O)N2CCN(c3ccccc3O)CC2)cc1OCCC. The molecule has 2 aromatic carbocycles. The first kappa shape index (κ1) is 21.6. The van der Waals surface area contributed by atoms with Gasteiger partial charge in [0.05, 0.1) is 18.9 Å². The van der Waals surface area contributed by atoms with Gasteiger partial charge < -0.3 is 29.7 Å². The van der Waals surface area contributed by atoms with Gasteiger partial charge in [0.2, 0.25) is 0 Å². The number of nitrogens with one attached hydrogen (secondary N) is 1. The maximum Gasteiger partial charge on any atom is 0.321 e. The zero-order chi connectivity index (χ0) is 21.3. The number of piperazine rings is 1. The molecule has 0 aliphatic carbocycles. The van der Waals surface area contributed by atoms with E-state index in [0.717, 1.165) is 18.5 Å². The highest BCUT2D eigenvalue weighted by Gasteiger charge is 2.23. The van der Waals surface area contributed by atoms with Crippen LogP contribution in [0.4, 0.5) is 16.2 Å². The van der Waals surface area contributed by atoms with Gasteiger partial charge >= 0.3 is 6.03 Å². The molecule has 1 aliphatic rings. The van der Waals surface area contributed by atoms with Gasteiger partial charge in [0.1, 0.15) is 5.75 Å². The number of amides is 2. The number of hydrogen-bond donors (Lipinski definition) is 2. The molecular formula is C23H31N3O4. The van der Waals surface area contributed by atoms with Crippen molar-refractivity contribution in [1.82, 2.24) is 4.90 Å². The van der Waals surface area contributed by atoms with Crippen molar-refractivity contribution in [2.45, 2.75) is 26.7 Å². The molecule has 7 heteroatoms. The molecule has 0 atom stereocenters. The van der Waals surface area contributed by atoms with E-state index in [1.165, 1.54) is 0 Å².